The van der Waals surface area contributed by atoms with Crippen LogP contribution in [0.2, 0.25) is 0 Å². The number of aromatic nitrogens is 3. The number of nitrogens with one attached hydrogen (secondary N) is 3. The minimum atomic E-state index is -0.271. The molecule has 28 heavy (non-hydrogen) atoms. The number of carbonyl (C=O) groups is 1. The fraction of sp³-hybridized carbons (Fsp3) is 0.263. The molecule has 0 spiro atoms. The molecule has 1 aliphatic heterocycles. The summed E-state index contributed by atoms with van der Waals surface area (Å²) in [7, 11) is 0. The molecule has 2 fully saturated rings. The van der Waals surface area contributed by atoms with Gasteiger partial charge in [-0.3, -0.25) is 0 Å². The van der Waals surface area contributed by atoms with Crippen LogP contribution in [0.5, 0.6) is 11.6 Å². The second kappa shape index (κ2) is 6.27. The topological polar surface area (TPSA) is 110 Å². The molecule has 1 aliphatic carbocycles. The van der Waals surface area contributed by atoms with Gasteiger partial charge in [0, 0.05) is 0 Å². The number of hydrogen-bond donors (Lipinski definition) is 3. The molecular weight excluding hydrogens is 355 g/mol. The molecule has 1 saturated heterocycles. The number of nitrogens with zero attached hydrogens (tertiary/aromatic N) is 3. The summed E-state index contributed by atoms with van der Waals surface area (Å²) in [4.78, 5) is 17.4. The Bertz CT molecular complexity index is 1070. The third kappa shape index (κ3) is 2.83. The van der Waals surface area contributed by atoms with Gasteiger partial charge in [-0.2, -0.15) is 0 Å². The zero-order chi connectivity index (χ0) is 19.1. The Balaban J connectivity index is 1.35. The van der Waals surface area contributed by atoms with E-state index in [-0.39, 0.29) is 11.4 Å². The Morgan fingerprint density at radius 3 is 3.18 bits per heavy atom. The first kappa shape index (κ1) is 16.6. The number of H-pyrrole nitrogens is 2. The molecule has 0 bridgehead atoms. The Labute approximate surface area is 161 Å². The molecule has 0 radical (unpaired) electrons. The van der Waals surface area contributed by atoms with Crippen LogP contribution >= 0.6 is 0 Å². The van der Waals surface area contributed by atoms with Gasteiger partial charge < -0.3 is 0 Å². The monoisotopic (exact) mass is 372 g/mol. The van der Waals surface area contributed by atoms with Gasteiger partial charge in [0.1, 0.15) is 0 Å². The van der Waals surface area contributed by atoms with Crippen molar-refractivity contribution in [3.8, 4) is 29.0 Å². The summed E-state index contributed by atoms with van der Waals surface area (Å²) in [6.45, 7) is 3.19. The van der Waals surface area contributed by atoms with Crippen molar-refractivity contribution in [2.45, 2.75) is 12.0 Å². The van der Waals surface area contributed by atoms with Crippen LogP contribution in [0.1, 0.15) is 16.9 Å². The van der Waals surface area contributed by atoms with Crippen molar-refractivity contribution in [3.63, 3.8) is 0 Å². The first-order chi connectivity index (χ1) is 13.7. The average Bonchev–Trinajstić information content (AvgIpc) is 3.20. The number of piperidine rings is 1. The molecule has 0 aromatic carbocycles. The van der Waals surface area contributed by atoms with Gasteiger partial charge in [-0.25, -0.2) is 0 Å². The number of amides is 1. The number of fused-ring (bicyclic) bond motifs is 1. The van der Waals surface area contributed by atoms with E-state index in [0.717, 1.165) is 11.9 Å². The maximum atomic E-state index is 12.7. The molecule has 4 heterocycles. The Hall–Kier alpha value is -3.54. The van der Waals surface area contributed by atoms with Crippen molar-refractivity contribution in [2.24, 2.45) is 5.92 Å². The Morgan fingerprint density at radius 2 is 2.39 bits per heavy atom. The average molecular weight is 372 g/mol. The summed E-state index contributed by atoms with van der Waals surface area (Å²) < 4.78 is 5.88. The summed E-state index contributed by atoms with van der Waals surface area (Å²) in [6.07, 6.45) is 4.87. The molecule has 2 atom stereocenters. The molecule has 2 aliphatic rings. The number of hydrogen-bond acceptors (Lipinski definition) is 5. The zero-order valence-electron chi connectivity index (χ0n) is 15.0. The third-order valence-corrected chi connectivity index (χ3v) is 5.42. The quantitative estimate of drug-likeness (QED) is 0.592. The van der Waals surface area contributed by atoms with Gasteiger partial charge in [0.15, 0.2) is 0 Å². The minimum absolute atomic E-state index is 0.205. The summed E-state index contributed by atoms with van der Waals surface area (Å²) in [5, 5.41) is 19.3. The van der Waals surface area contributed by atoms with Crippen molar-refractivity contribution < 1.29 is 9.53 Å². The van der Waals surface area contributed by atoms with Crippen molar-refractivity contribution in [1.29, 1.82) is 5.26 Å². The molecule has 2 unspecified atom stereocenters. The third-order valence-electron chi connectivity index (χ3n) is 5.42. The van der Waals surface area contributed by atoms with Gasteiger partial charge >= 0.3 is 161 Å². The fourth-order valence-electron chi connectivity index (χ4n) is 3.89. The van der Waals surface area contributed by atoms with Crippen molar-refractivity contribution >= 4 is 12.8 Å². The summed E-state index contributed by atoms with van der Waals surface area (Å²) in [5.74, 6) is 3.32. The number of likely N-dealkylation sites (tertiary alicyclic amines) is 1. The first-order valence-corrected chi connectivity index (χ1v) is 9.10. The van der Waals surface area contributed by atoms with Gasteiger partial charge in [-0.1, -0.05) is 0 Å². The molecule has 9 heteroatoms. The first-order valence-electron chi connectivity index (χ1n) is 9.10. The van der Waals surface area contributed by atoms with Crippen molar-refractivity contribution in [2.75, 3.05) is 13.1 Å². The van der Waals surface area contributed by atoms with Crippen molar-refractivity contribution in [3.05, 3.63) is 48.2 Å². The van der Waals surface area contributed by atoms with Crippen LogP contribution in [0, 0.1) is 17.4 Å². The van der Waals surface area contributed by atoms with E-state index in [1.165, 1.54) is 0 Å². The molecule has 138 valence electrons. The standard InChI is InChI=1S/C19H17BN6O2/c21-11-26-9-12-8-19(12,10-26)23-18(27)14-7-13(24-25-14)17-15(3-1-5-20-17)28-16-4-2-6-22-16/h1-7,12,22H,8-10H2,(H,23,27)(H,24,25). The van der Waals surface area contributed by atoms with E-state index >= 15 is 0 Å². The van der Waals surface area contributed by atoms with Crippen LogP contribution in [0.3, 0.4) is 0 Å². The van der Waals surface area contributed by atoms with Crippen LogP contribution in [-0.2, 0) is 0 Å². The van der Waals surface area contributed by atoms with E-state index in [1.807, 2.05) is 37.1 Å². The number of nitriles is 1. The van der Waals surface area contributed by atoms with Crippen LogP contribution in [0.25, 0.3) is 11.2 Å². The van der Waals surface area contributed by atoms with E-state index in [4.69, 9.17) is 10.00 Å². The molecule has 1 amide bonds. The molecular formula is C19H17BN6O2. The van der Waals surface area contributed by atoms with E-state index < -0.39 is 0 Å². The second-order valence-corrected chi connectivity index (χ2v) is 7.29. The molecule has 5 rings (SSSR count). The number of ether oxygens (including phenoxy) is 1. The molecule has 3 aromatic rings. The number of aromatic amines is 2. The van der Waals surface area contributed by atoms with E-state index in [9.17, 15) is 4.79 Å². The summed E-state index contributed by atoms with van der Waals surface area (Å²) in [6, 6.07) is 9.15. The van der Waals surface area contributed by atoms with E-state index in [0.29, 0.717) is 42.0 Å². The summed E-state index contributed by atoms with van der Waals surface area (Å²) >= 11 is 0. The van der Waals surface area contributed by atoms with Crippen LogP contribution in [0.15, 0.2) is 42.5 Å². The zero-order valence-corrected chi connectivity index (χ0v) is 15.0. The van der Waals surface area contributed by atoms with E-state index in [2.05, 4.69) is 26.7 Å². The van der Waals surface area contributed by atoms with Gasteiger partial charge in [-0.05, 0) is 0 Å². The Morgan fingerprint density at radius 1 is 1.46 bits per heavy atom. The van der Waals surface area contributed by atoms with Gasteiger partial charge in [-0.15, -0.1) is 0 Å². The van der Waals surface area contributed by atoms with Crippen LogP contribution < -0.4 is 10.1 Å². The Kier molecular flexibility index (Phi) is 3.72. The normalized spacial score (nSPS) is 22.2. The van der Waals surface area contributed by atoms with Gasteiger partial charge in [0.05, 0.1) is 0 Å². The number of carbonyl (C=O) groups excluding carboxylic acids is 1. The molecule has 1 saturated carbocycles. The van der Waals surface area contributed by atoms with Crippen LogP contribution in [-0.4, -0.2) is 51.5 Å². The maximum absolute atomic E-state index is 12.7. The van der Waals surface area contributed by atoms with Gasteiger partial charge in [0.25, 0.3) is 0 Å². The molecule has 3 N–H and O–H groups in total. The predicted molar refractivity (Wildman–Crippen MR) is 102 cm³/mol. The fourth-order valence-corrected chi connectivity index (χ4v) is 3.89. The SMILES string of the molecule is N#CN1CC2CC2(NC(=O)c2cc(-c3bcccc3Oc3ccc[nH]3)n[nH]2)C1. The summed E-state index contributed by atoms with van der Waals surface area (Å²) in [5.41, 5.74) is 1.53. The van der Waals surface area contributed by atoms with E-state index in [1.54, 1.807) is 17.2 Å². The molecule has 3 aromatic heterocycles. The van der Waals surface area contributed by atoms with Crippen LogP contribution in [0.4, 0.5) is 0 Å². The number of rotatable bonds is 5. The van der Waals surface area contributed by atoms with Crippen molar-refractivity contribution in [1.82, 2.24) is 25.4 Å². The predicted octanol–water partition coefficient (Wildman–Crippen LogP) is 1.82. The molecule has 8 nitrogen and oxygen atoms in total. The second-order valence-electron chi connectivity index (χ2n) is 7.29. The van der Waals surface area contributed by atoms with Gasteiger partial charge in [0.2, 0.25) is 0 Å².